The Hall–Kier alpha value is -1.64. The molecule has 8 nitrogen and oxygen atoms in total. The first-order valence-corrected chi connectivity index (χ1v) is 6.04. The monoisotopic (exact) mass is 299 g/mol. The van der Waals surface area contributed by atoms with Gasteiger partial charge in [-0.3, -0.25) is 19.7 Å². The molecule has 0 amide bonds. The van der Waals surface area contributed by atoms with Crippen molar-refractivity contribution in [2.24, 2.45) is 0 Å². The second-order valence-electron chi connectivity index (χ2n) is 4.61. The Morgan fingerprint density at radius 1 is 1.14 bits per heavy atom. The quantitative estimate of drug-likeness (QED) is 0.350. The molecule has 21 heavy (non-hydrogen) atoms. The Morgan fingerprint density at radius 2 is 1.76 bits per heavy atom. The Bertz CT molecular complexity index is 726. The summed E-state index contributed by atoms with van der Waals surface area (Å²) >= 11 is 0. The second kappa shape index (κ2) is 6.00. The third-order valence-corrected chi connectivity index (χ3v) is 3.42. The van der Waals surface area contributed by atoms with Crippen molar-refractivity contribution in [1.29, 1.82) is 0 Å². The summed E-state index contributed by atoms with van der Waals surface area (Å²) in [5.74, 6) is -1.31. The van der Waals surface area contributed by atoms with Crippen molar-refractivity contribution < 1.29 is 19.1 Å². The van der Waals surface area contributed by atoms with E-state index in [-0.39, 0.29) is 57.8 Å². The molecule has 1 aliphatic rings. The number of rotatable bonds is 2. The normalized spacial score (nSPS) is 16.0. The van der Waals surface area contributed by atoms with E-state index in [1.807, 2.05) is 0 Å². The molecule has 0 spiro atoms. The molecule has 0 saturated heterocycles. The van der Waals surface area contributed by atoms with Gasteiger partial charge in [0.1, 0.15) is 23.0 Å². The summed E-state index contributed by atoms with van der Waals surface area (Å²) in [5.41, 5.74) is 0.133. The van der Waals surface area contributed by atoms with E-state index in [2.05, 4.69) is 14.9 Å². The zero-order valence-corrected chi connectivity index (χ0v) is 10.2. The van der Waals surface area contributed by atoms with Gasteiger partial charge in [-0.15, -0.1) is 0 Å². The van der Waals surface area contributed by atoms with Crippen molar-refractivity contribution in [3.63, 3.8) is 0 Å². The SMILES string of the molecule is O=C1CCCC(=O)C1c1ccc([N+](=O)[O-])c2nonc12.[NaH]. The fraction of sp³-hybridized carbons (Fsp3) is 0.333. The predicted molar refractivity (Wildman–Crippen MR) is 72.2 cm³/mol. The summed E-state index contributed by atoms with van der Waals surface area (Å²) in [7, 11) is 0. The number of ketones is 2. The molecule has 1 aliphatic carbocycles. The molecule has 0 radical (unpaired) electrons. The zero-order chi connectivity index (χ0) is 14.3. The second-order valence-corrected chi connectivity index (χ2v) is 4.61. The average Bonchev–Trinajstić information content (AvgIpc) is 2.87. The number of Topliss-reactive ketones (excluding diaryl/α,β-unsaturated/α-hetero) is 2. The van der Waals surface area contributed by atoms with Crippen LogP contribution in [0.4, 0.5) is 5.69 Å². The molecule has 3 rings (SSSR count). The number of nitro benzene ring substituents is 1. The number of hydrogen-bond acceptors (Lipinski definition) is 7. The third kappa shape index (κ3) is 2.61. The molecule has 0 atom stereocenters. The molecular formula is C12H10N3NaO5. The summed E-state index contributed by atoms with van der Waals surface area (Å²) in [6.45, 7) is 0. The Balaban J connectivity index is 0.00000161. The molecule has 2 aromatic rings. The number of benzene rings is 1. The van der Waals surface area contributed by atoms with E-state index >= 15 is 0 Å². The molecule has 1 saturated carbocycles. The van der Waals surface area contributed by atoms with Crippen molar-refractivity contribution in [3.8, 4) is 0 Å². The number of aromatic nitrogens is 2. The van der Waals surface area contributed by atoms with Gasteiger partial charge in [-0.05, 0) is 22.8 Å². The van der Waals surface area contributed by atoms with Crippen LogP contribution >= 0.6 is 0 Å². The maximum absolute atomic E-state index is 12.0. The van der Waals surface area contributed by atoms with Crippen LogP contribution in [-0.2, 0) is 9.59 Å². The first-order valence-electron chi connectivity index (χ1n) is 6.04. The van der Waals surface area contributed by atoms with Gasteiger partial charge in [0.25, 0.3) is 0 Å². The van der Waals surface area contributed by atoms with Crippen LogP contribution in [0.5, 0.6) is 0 Å². The van der Waals surface area contributed by atoms with Gasteiger partial charge >= 0.3 is 35.2 Å². The van der Waals surface area contributed by atoms with Gasteiger partial charge in [0.05, 0.1) is 4.92 Å². The molecule has 0 N–H and O–H groups in total. The number of hydrogen-bond donors (Lipinski definition) is 0. The topological polar surface area (TPSA) is 116 Å². The van der Waals surface area contributed by atoms with Crippen LogP contribution in [0.15, 0.2) is 16.8 Å². The van der Waals surface area contributed by atoms with E-state index in [1.54, 1.807) is 0 Å². The van der Waals surface area contributed by atoms with Crippen molar-refractivity contribution >= 4 is 57.8 Å². The minimum atomic E-state index is -0.918. The summed E-state index contributed by atoms with van der Waals surface area (Å²) in [4.78, 5) is 34.2. The van der Waals surface area contributed by atoms with Crippen molar-refractivity contribution in [2.45, 2.75) is 25.2 Å². The van der Waals surface area contributed by atoms with Gasteiger partial charge in [0.15, 0.2) is 0 Å². The van der Waals surface area contributed by atoms with Gasteiger partial charge in [0.2, 0.25) is 5.52 Å². The molecule has 0 aliphatic heterocycles. The molecule has 1 heterocycles. The molecule has 1 fully saturated rings. The van der Waals surface area contributed by atoms with Crippen molar-refractivity contribution in [3.05, 3.63) is 27.8 Å². The van der Waals surface area contributed by atoms with Gasteiger partial charge in [-0.2, -0.15) is 0 Å². The number of carbonyl (C=O) groups excluding carboxylic acids is 2. The number of carbonyl (C=O) groups is 2. The van der Waals surface area contributed by atoms with E-state index in [0.717, 1.165) is 0 Å². The van der Waals surface area contributed by atoms with Crippen LogP contribution < -0.4 is 0 Å². The van der Waals surface area contributed by atoms with E-state index in [4.69, 9.17) is 0 Å². The van der Waals surface area contributed by atoms with Crippen molar-refractivity contribution in [1.82, 2.24) is 10.3 Å². The van der Waals surface area contributed by atoms with Crippen molar-refractivity contribution in [2.75, 3.05) is 0 Å². The summed E-state index contributed by atoms with van der Waals surface area (Å²) < 4.78 is 4.53. The van der Waals surface area contributed by atoms with Gasteiger partial charge in [0, 0.05) is 24.5 Å². The Labute approximate surface area is 140 Å². The molecule has 104 valence electrons. The van der Waals surface area contributed by atoms with Crippen LogP contribution in [0.3, 0.4) is 0 Å². The number of nitro groups is 1. The summed E-state index contributed by atoms with van der Waals surface area (Å²) in [5, 5.41) is 18.0. The van der Waals surface area contributed by atoms with E-state index < -0.39 is 10.8 Å². The first-order chi connectivity index (χ1) is 9.59. The number of fused-ring (bicyclic) bond motifs is 1. The van der Waals surface area contributed by atoms with Gasteiger partial charge in [-0.1, -0.05) is 0 Å². The maximum atomic E-state index is 12.0. The molecule has 9 heteroatoms. The Kier molecular flexibility index (Phi) is 4.50. The minimum absolute atomic E-state index is 0. The third-order valence-electron chi connectivity index (χ3n) is 3.42. The standard InChI is InChI=1S/C12H9N3O5.Na.H/c16-8-2-1-3-9(17)10(8)6-4-5-7(15(18)19)12-11(6)13-20-14-12;;/h4-5,10H,1-3H2;;. The van der Waals surface area contributed by atoms with Crippen LogP contribution in [0.25, 0.3) is 11.0 Å². The Morgan fingerprint density at radius 3 is 2.38 bits per heavy atom. The van der Waals surface area contributed by atoms with Crippen LogP contribution in [-0.4, -0.2) is 56.4 Å². The fourth-order valence-electron chi connectivity index (χ4n) is 2.50. The number of non-ortho nitro benzene ring substituents is 1. The molecule has 0 bridgehead atoms. The fourth-order valence-corrected chi connectivity index (χ4v) is 2.50. The van der Waals surface area contributed by atoms with Gasteiger partial charge < -0.3 is 0 Å². The van der Waals surface area contributed by atoms with Crippen LogP contribution in [0, 0.1) is 10.1 Å². The molecule has 1 aromatic heterocycles. The van der Waals surface area contributed by atoms with Gasteiger partial charge in [-0.25, -0.2) is 4.63 Å². The zero-order valence-electron chi connectivity index (χ0n) is 10.2. The summed E-state index contributed by atoms with van der Waals surface area (Å²) in [6.07, 6.45) is 1.18. The van der Waals surface area contributed by atoms with Crippen LogP contribution in [0.2, 0.25) is 0 Å². The van der Waals surface area contributed by atoms with E-state index in [0.29, 0.717) is 24.8 Å². The molecular weight excluding hydrogens is 289 g/mol. The van der Waals surface area contributed by atoms with Crippen LogP contribution in [0.1, 0.15) is 30.7 Å². The predicted octanol–water partition coefficient (Wildman–Crippen LogP) is 0.888. The molecule has 0 unspecified atom stereocenters. The molecule has 1 aromatic carbocycles. The average molecular weight is 299 g/mol. The summed E-state index contributed by atoms with van der Waals surface area (Å²) in [6, 6.07) is 2.60. The number of nitrogens with zero attached hydrogens (tertiary/aromatic N) is 3. The first kappa shape index (κ1) is 15.7. The van der Waals surface area contributed by atoms with E-state index in [9.17, 15) is 19.7 Å². The van der Waals surface area contributed by atoms with E-state index in [1.165, 1.54) is 12.1 Å².